The van der Waals surface area contributed by atoms with Gasteiger partial charge in [-0.25, -0.2) is 4.79 Å². The highest BCUT2D eigenvalue weighted by Crippen LogP contribution is 2.14. The Bertz CT molecular complexity index is 579. The van der Waals surface area contributed by atoms with E-state index in [0.29, 0.717) is 18.1 Å². The van der Waals surface area contributed by atoms with E-state index in [1.165, 1.54) is 6.08 Å². The first-order valence-corrected chi connectivity index (χ1v) is 5.78. The molecule has 0 aliphatic heterocycles. The smallest absolute Gasteiger partial charge is 0.328 e. The summed E-state index contributed by atoms with van der Waals surface area (Å²) in [5.41, 5.74) is 1.62. The quantitative estimate of drug-likeness (QED) is 0.834. The molecule has 1 heterocycles. The van der Waals surface area contributed by atoms with E-state index in [1.807, 2.05) is 30.3 Å². The Labute approximate surface area is 111 Å². The number of aromatic nitrogens is 1. The number of carboxylic acid groups (broad SMARTS) is 1. The number of hydrogen-bond acceptors (Lipinski definition) is 3. The minimum Gasteiger partial charge on any atom is -0.489 e. The van der Waals surface area contributed by atoms with Crippen LogP contribution in [0.3, 0.4) is 0 Å². The number of pyridine rings is 1. The maximum Gasteiger partial charge on any atom is 0.328 e. The first-order valence-electron chi connectivity index (χ1n) is 5.78. The molecular weight excluding hydrogens is 242 g/mol. The van der Waals surface area contributed by atoms with Gasteiger partial charge in [0.05, 0.1) is 5.69 Å². The molecule has 0 saturated carbocycles. The van der Waals surface area contributed by atoms with E-state index in [-0.39, 0.29) is 0 Å². The second kappa shape index (κ2) is 6.35. The molecule has 2 aromatic rings. The van der Waals surface area contributed by atoms with Crippen LogP contribution in [0, 0.1) is 0 Å². The number of rotatable bonds is 5. The zero-order valence-corrected chi connectivity index (χ0v) is 10.2. The van der Waals surface area contributed by atoms with Crippen LogP contribution in [-0.2, 0) is 11.4 Å². The van der Waals surface area contributed by atoms with Crippen molar-refractivity contribution in [2.24, 2.45) is 0 Å². The van der Waals surface area contributed by atoms with Crippen molar-refractivity contribution in [3.8, 4) is 5.75 Å². The Balaban J connectivity index is 2.01. The highest BCUT2D eigenvalue weighted by atomic mass is 16.5. The molecule has 4 heteroatoms. The zero-order valence-electron chi connectivity index (χ0n) is 10.2. The molecule has 0 saturated heterocycles. The van der Waals surface area contributed by atoms with Gasteiger partial charge in [-0.1, -0.05) is 30.3 Å². The van der Waals surface area contributed by atoms with Gasteiger partial charge in [0.2, 0.25) is 0 Å². The fourth-order valence-corrected chi connectivity index (χ4v) is 1.51. The fraction of sp³-hybridized carbons (Fsp3) is 0.0667. The summed E-state index contributed by atoms with van der Waals surface area (Å²) in [4.78, 5) is 14.5. The maximum absolute atomic E-state index is 10.4. The minimum atomic E-state index is -1.00. The third-order valence-corrected chi connectivity index (χ3v) is 2.40. The van der Waals surface area contributed by atoms with Crippen molar-refractivity contribution in [3.63, 3.8) is 0 Å². The van der Waals surface area contributed by atoms with Crippen LogP contribution in [0.15, 0.2) is 54.7 Å². The molecule has 0 radical (unpaired) electrons. The van der Waals surface area contributed by atoms with Crippen LogP contribution in [0.2, 0.25) is 0 Å². The van der Waals surface area contributed by atoms with Crippen molar-refractivity contribution in [2.45, 2.75) is 6.61 Å². The van der Waals surface area contributed by atoms with Crippen molar-refractivity contribution in [3.05, 3.63) is 66.0 Å². The van der Waals surface area contributed by atoms with E-state index < -0.39 is 5.97 Å². The molecule has 0 aliphatic rings. The molecule has 0 spiro atoms. The predicted molar refractivity (Wildman–Crippen MR) is 71.7 cm³/mol. The van der Waals surface area contributed by atoms with Gasteiger partial charge in [-0.2, -0.15) is 0 Å². The standard InChI is InChI=1S/C15H13NO3/c17-15(18)7-6-13-10-14(8-9-16-13)19-11-12-4-2-1-3-5-12/h1-10H,11H2,(H,17,18). The molecule has 1 aromatic carbocycles. The molecule has 1 N–H and O–H groups in total. The first kappa shape index (κ1) is 12.8. The number of nitrogens with zero attached hydrogens (tertiary/aromatic N) is 1. The van der Waals surface area contributed by atoms with Crippen molar-refractivity contribution in [1.29, 1.82) is 0 Å². The second-order valence-corrected chi connectivity index (χ2v) is 3.86. The third kappa shape index (κ3) is 4.27. The maximum atomic E-state index is 10.4. The summed E-state index contributed by atoms with van der Waals surface area (Å²) in [6, 6.07) is 13.2. The van der Waals surface area contributed by atoms with Crippen molar-refractivity contribution < 1.29 is 14.6 Å². The lowest BCUT2D eigenvalue weighted by atomic mass is 10.2. The molecule has 0 fully saturated rings. The SMILES string of the molecule is O=C(O)C=Cc1cc(OCc2ccccc2)ccn1. The Morgan fingerprint density at radius 2 is 2.05 bits per heavy atom. The van der Waals surface area contributed by atoms with Crippen molar-refractivity contribution >= 4 is 12.0 Å². The molecule has 0 amide bonds. The van der Waals surface area contributed by atoms with Gasteiger partial charge < -0.3 is 9.84 Å². The largest absolute Gasteiger partial charge is 0.489 e. The molecular formula is C15H13NO3. The molecule has 1 aromatic heterocycles. The molecule has 0 atom stereocenters. The van der Waals surface area contributed by atoms with E-state index in [4.69, 9.17) is 9.84 Å². The van der Waals surface area contributed by atoms with Gasteiger partial charge in [0.1, 0.15) is 12.4 Å². The van der Waals surface area contributed by atoms with Gasteiger partial charge in [-0.05, 0) is 17.7 Å². The lowest BCUT2D eigenvalue weighted by Gasteiger charge is -2.06. The third-order valence-electron chi connectivity index (χ3n) is 2.40. The average Bonchev–Trinajstić information content (AvgIpc) is 2.44. The lowest BCUT2D eigenvalue weighted by Crippen LogP contribution is -1.95. The van der Waals surface area contributed by atoms with Crippen LogP contribution >= 0.6 is 0 Å². The fourth-order valence-electron chi connectivity index (χ4n) is 1.51. The van der Waals surface area contributed by atoms with E-state index in [1.54, 1.807) is 18.3 Å². The number of benzene rings is 1. The molecule has 4 nitrogen and oxygen atoms in total. The van der Waals surface area contributed by atoms with Crippen LogP contribution in [0.25, 0.3) is 6.08 Å². The Hall–Kier alpha value is -2.62. The highest BCUT2D eigenvalue weighted by Gasteiger charge is 1.98. The summed E-state index contributed by atoms with van der Waals surface area (Å²) in [6.45, 7) is 0.465. The summed E-state index contributed by atoms with van der Waals surface area (Å²) in [5, 5.41) is 8.55. The van der Waals surface area contributed by atoms with Gasteiger partial charge in [-0.15, -0.1) is 0 Å². The monoisotopic (exact) mass is 255 g/mol. The number of ether oxygens (including phenoxy) is 1. The van der Waals surface area contributed by atoms with Crippen molar-refractivity contribution in [2.75, 3.05) is 0 Å². The topological polar surface area (TPSA) is 59.4 Å². The van der Waals surface area contributed by atoms with E-state index in [0.717, 1.165) is 11.6 Å². The number of carbonyl (C=O) groups is 1. The van der Waals surface area contributed by atoms with Crippen LogP contribution in [0.5, 0.6) is 5.75 Å². The van der Waals surface area contributed by atoms with E-state index >= 15 is 0 Å². The average molecular weight is 255 g/mol. The minimum absolute atomic E-state index is 0.465. The van der Waals surface area contributed by atoms with Crippen LogP contribution in [0.1, 0.15) is 11.3 Å². The molecule has 0 bridgehead atoms. The summed E-state index contributed by atoms with van der Waals surface area (Å²) >= 11 is 0. The Kier molecular flexibility index (Phi) is 4.29. The van der Waals surface area contributed by atoms with Gasteiger partial charge >= 0.3 is 5.97 Å². The van der Waals surface area contributed by atoms with Crippen molar-refractivity contribution in [1.82, 2.24) is 4.98 Å². The number of hydrogen-bond donors (Lipinski definition) is 1. The molecule has 0 unspecified atom stereocenters. The Morgan fingerprint density at radius 3 is 2.79 bits per heavy atom. The van der Waals surface area contributed by atoms with Gasteiger partial charge in [0, 0.05) is 18.3 Å². The van der Waals surface area contributed by atoms with Crippen LogP contribution in [0.4, 0.5) is 0 Å². The summed E-state index contributed by atoms with van der Waals surface area (Å²) in [7, 11) is 0. The van der Waals surface area contributed by atoms with Gasteiger partial charge in [0.15, 0.2) is 0 Å². The Morgan fingerprint density at radius 1 is 1.26 bits per heavy atom. The van der Waals surface area contributed by atoms with E-state index in [2.05, 4.69) is 4.98 Å². The number of aliphatic carboxylic acids is 1. The van der Waals surface area contributed by atoms with E-state index in [9.17, 15) is 4.79 Å². The summed E-state index contributed by atoms with van der Waals surface area (Å²) in [6.07, 6.45) is 4.06. The number of carboxylic acids is 1. The molecule has 19 heavy (non-hydrogen) atoms. The second-order valence-electron chi connectivity index (χ2n) is 3.86. The van der Waals surface area contributed by atoms with Crippen LogP contribution in [-0.4, -0.2) is 16.1 Å². The van der Waals surface area contributed by atoms with Gasteiger partial charge in [0.25, 0.3) is 0 Å². The van der Waals surface area contributed by atoms with Crippen LogP contribution < -0.4 is 4.74 Å². The molecule has 0 aliphatic carbocycles. The lowest BCUT2D eigenvalue weighted by molar-refractivity contribution is -0.131. The normalized spacial score (nSPS) is 10.5. The summed E-state index contributed by atoms with van der Waals surface area (Å²) in [5.74, 6) is -0.346. The highest BCUT2D eigenvalue weighted by molar-refractivity contribution is 5.84. The zero-order chi connectivity index (χ0) is 13.5. The van der Waals surface area contributed by atoms with Gasteiger partial charge in [-0.3, -0.25) is 4.98 Å². The molecule has 2 rings (SSSR count). The first-order chi connectivity index (χ1) is 9.24. The molecule has 96 valence electrons. The predicted octanol–water partition coefficient (Wildman–Crippen LogP) is 2.76. The summed E-state index contributed by atoms with van der Waals surface area (Å²) < 4.78 is 5.62.